The lowest BCUT2D eigenvalue weighted by atomic mass is 9.74. The summed E-state index contributed by atoms with van der Waals surface area (Å²) in [5, 5.41) is 0. The van der Waals surface area contributed by atoms with Crippen LogP contribution in [0.25, 0.3) is 0 Å². The second-order valence-electron chi connectivity index (χ2n) is 5.34. The Labute approximate surface area is 95.5 Å². The van der Waals surface area contributed by atoms with Gasteiger partial charge in [0.2, 0.25) is 0 Å². The normalized spacial score (nSPS) is 18.7. The van der Waals surface area contributed by atoms with Crippen LogP contribution in [0.1, 0.15) is 52.9 Å². The molecule has 2 heteroatoms. The van der Waals surface area contributed by atoms with Crippen LogP contribution in [0, 0.1) is 12.3 Å². The van der Waals surface area contributed by atoms with Crippen LogP contribution >= 0.6 is 11.3 Å². The van der Waals surface area contributed by atoms with Gasteiger partial charge in [0.1, 0.15) is 0 Å². The van der Waals surface area contributed by atoms with Gasteiger partial charge in [0.05, 0.1) is 4.88 Å². The Morgan fingerprint density at radius 1 is 1.33 bits per heavy atom. The molecule has 82 valence electrons. The average Bonchev–Trinajstić information content (AvgIpc) is 2.42. The van der Waals surface area contributed by atoms with Gasteiger partial charge in [-0.3, -0.25) is 4.79 Å². The van der Waals surface area contributed by atoms with Crippen molar-refractivity contribution in [3.05, 3.63) is 20.9 Å². The minimum atomic E-state index is 0.240. The van der Waals surface area contributed by atoms with Crippen molar-refractivity contribution >= 4 is 17.1 Å². The molecule has 0 N–H and O–H groups in total. The molecule has 1 nitrogen and oxygen atoms in total. The Hall–Kier alpha value is -0.630. The van der Waals surface area contributed by atoms with Crippen molar-refractivity contribution in [1.29, 1.82) is 0 Å². The monoisotopic (exact) mass is 222 g/mol. The Balaban J connectivity index is 2.49. The maximum Gasteiger partial charge on any atom is 0.170 e. The van der Waals surface area contributed by atoms with Crippen molar-refractivity contribution < 1.29 is 4.79 Å². The highest BCUT2D eigenvalue weighted by atomic mass is 32.1. The highest BCUT2D eigenvalue weighted by Gasteiger charge is 2.30. The molecule has 0 saturated heterocycles. The van der Waals surface area contributed by atoms with Crippen molar-refractivity contribution in [2.45, 2.75) is 47.0 Å². The number of thiophene rings is 1. The summed E-state index contributed by atoms with van der Waals surface area (Å²) < 4.78 is 0. The van der Waals surface area contributed by atoms with E-state index in [0.29, 0.717) is 5.41 Å². The van der Waals surface area contributed by atoms with E-state index in [1.165, 1.54) is 22.4 Å². The molecule has 0 aliphatic heterocycles. The third-order valence-electron chi connectivity index (χ3n) is 3.35. The molecule has 0 spiro atoms. The highest BCUT2D eigenvalue weighted by Crippen LogP contribution is 2.41. The minimum absolute atomic E-state index is 0.240. The molecule has 0 bridgehead atoms. The number of carbonyl (C=O) groups is 1. The zero-order chi connectivity index (χ0) is 11.2. The van der Waals surface area contributed by atoms with Gasteiger partial charge in [0, 0.05) is 4.88 Å². The summed E-state index contributed by atoms with van der Waals surface area (Å²) in [6.07, 6.45) is 3.43. The summed E-state index contributed by atoms with van der Waals surface area (Å²) in [7, 11) is 0. The van der Waals surface area contributed by atoms with E-state index in [1.54, 1.807) is 18.3 Å². The Morgan fingerprint density at radius 2 is 2.00 bits per heavy atom. The molecule has 0 radical (unpaired) electrons. The molecule has 0 aromatic carbocycles. The summed E-state index contributed by atoms with van der Waals surface area (Å²) in [5.41, 5.74) is 3.22. The predicted octanol–water partition coefficient (Wildman–Crippen LogP) is 3.77. The van der Waals surface area contributed by atoms with Crippen LogP contribution in [-0.4, -0.2) is 5.78 Å². The summed E-state index contributed by atoms with van der Waals surface area (Å²) in [6, 6.07) is 0. The zero-order valence-corrected chi connectivity index (χ0v) is 10.8. The fourth-order valence-electron chi connectivity index (χ4n) is 2.44. The van der Waals surface area contributed by atoms with Gasteiger partial charge in [-0.25, -0.2) is 0 Å². The zero-order valence-electron chi connectivity index (χ0n) is 9.94. The van der Waals surface area contributed by atoms with Crippen molar-refractivity contribution in [1.82, 2.24) is 0 Å². The van der Waals surface area contributed by atoms with E-state index < -0.39 is 0 Å². The number of carbonyl (C=O) groups excluding carboxylic acids is 1. The van der Waals surface area contributed by atoms with Crippen LogP contribution < -0.4 is 0 Å². The molecule has 0 fully saturated rings. The van der Waals surface area contributed by atoms with E-state index in [2.05, 4.69) is 20.8 Å². The Morgan fingerprint density at radius 3 is 2.60 bits per heavy atom. The average molecular weight is 222 g/mol. The first-order chi connectivity index (χ1) is 6.91. The molecule has 1 aromatic rings. The largest absolute Gasteiger partial charge is 0.294 e. The van der Waals surface area contributed by atoms with Gasteiger partial charge in [-0.05, 0) is 49.7 Å². The highest BCUT2D eigenvalue weighted by molar-refractivity contribution is 7.14. The van der Waals surface area contributed by atoms with E-state index in [0.717, 1.165) is 17.7 Å². The van der Waals surface area contributed by atoms with Gasteiger partial charge in [-0.2, -0.15) is 0 Å². The van der Waals surface area contributed by atoms with Crippen molar-refractivity contribution in [3.63, 3.8) is 0 Å². The molecule has 0 atom stereocenters. The van der Waals surface area contributed by atoms with Gasteiger partial charge in [0.15, 0.2) is 5.78 Å². The molecule has 0 amide bonds. The summed E-state index contributed by atoms with van der Waals surface area (Å²) >= 11 is 1.69. The van der Waals surface area contributed by atoms with Crippen LogP contribution in [0.15, 0.2) is 0 Å². The van der Waals surface area contributed by atoms with Gasteiger partial charge >= 0.3 is 0 Å². The van der Waals surface area contributed by atoms with Crippen molar-refractivity contribution in [2.24, 2.45) is 5.41 Å². The van der Waals surface area contributed by atoms with E-state index >= 15 is 0 Å². The fourth-order valence-corrected chi connectivity index (χ4v) is 3.55. The van der Waals surface area contributed by atoms with E-state index in [1.807, 2.05) is 0 Å². The van der Waals surface area contributed by atoms with Gasteiger partial charge in [-0.15, -0.1) is 11.3 Å². The maximum absolute atomic E-state index is 11.5. The van der Waals surface area contributed by atoms with E-state index in [9.17, 15) is 4.79 Å². The quantitative estimate of drug-likeness (QED) is 0.661. The maximum atomic E-state index is 11.5. The first-order valence-corrected chi connectivity index (χ1v) is 6.34. The topological polar surface area (TPSA) is 17.1 Å². The molecule has 2 rings (SSSR count). The molecule has 1 heterocycles. The first kappa shape index (κ1) is 10.9. The molecule has 0 saturated carbocycles. The SMILES string of the molecule is CC(=O)c1sc(C)c2c1CCC(C)(C)C2. The van der Waals surface area contributed by atoms with Crippen LogP contribution in [0.2, 0.25) is 0 Å². The third-order valence-corrected chi connectivity index (χ3v) is 4.64. The number of Topliss-reactive ketones (excluding diaryl/α,β-unsaturated/α-hetero) is 1. The second kappa shape index (κ2) is 3.44. The lowest BCUT2D eigenvalue weighted by Gasteiger charge is -2.30. The molecule has 1 aliphatic rings. The van der Waals surface area contributed by atoms with E-state index in [-0.39, 0.29) is 5.78 Å². The van der Waals surface area contributed by atoms with Crippen LogP contribution in [0.5, 0.6) is 0 Å². The number of fused-ring (bicyclic) bond motifs is 1. The van der Waals surface area contributed by atoms with Gasteiger partial charge in [0.25, 0.3) is 0 Å². The molecule has 15 heavy (non-hydrogen) atoms. The lowest BCUT2D eigenvalue weighted by Crippen LogP contribution is -2.22. The van der Waals surface area contributed by atoms with Crippen LogP contribution in [0.4, 0.5) is 0 Å². The number of ketones is 1. The molecular weight excluding hydrogens is 204 g/mol. The molecule has 1 aliphatic carbocycles. The van der Waals surface area contributed by atoms with E-state index in [4.69, 9.17) is 0 Å². The summed E-state index contributed by atoms with van der Waals surface area (Å²) in [4.78, 5) is 13.9. The molecular formula is C13H18OS. The molecule has 1 aromatic heterocycles. The number of rotatable bonds is 1. The van der Waals surface area contributed by atoms with Gasteiger partial charge in [-0.1, -0.05) is 13.8 Å². The van der Waals surface area contributed by atoms with Crippen molar-refractivity contribution in [2.75, 3.05) is 0 Å². The fraction of sp³-hybridized carbons (Fsp3) is 0.615. The Kier molecular flexibility index (Phi) is 2.50. The minimum Gasteiger partial charge on any atom is -0.294 e. The summed E-state index contributed by atoms with van der Waals surface area (Å²) in [5.74, 6) is 0.240. The standard InChI is InChI=1S/C13H18OS/c1-8(14)12-10-5-6-13(3,4)7-11(10)9(2)15-12/h5-7H2,1-4H3. The third kappa shape index (κ3) is 1.87. The Bertz CT molecular complexity index is 412. The smallest absolute Gasteiger partial charge is 0.170 e. The number of aryl methyl sites for hydroxylation is 1. The lowest BCUT2D eigenvalue weighted by molar-refractivity contribution is 0.102. The predicted molar refractivity (Wildman–Crippen MR) is 64.9 cm³/mol. The number of hydrogen-bond donors (Lipinski definition) is 0. The van der Waals surface area contributed by atoms with Crippen molar-refractivity contribution in [3.8, 4) is 0 Å². The number of hydrogen-bond acceptors (Lipinski definition) is 2. The first-order valence-electron chi connectivity index (χ1n) is 5.53. The second-order valence-corrected chi connectivity index (χ2v) is 6.57. The molecule has 0 unspecified atom stereocenters. The summed E-state index contributed by atoms with van der Waals surface area (Å²) in [6.45, 7) is 8.48. The van der Waals surface area contributed by atoms with Crippen LogP contribution in [0.3, 0.4) is 0 Å². The van der Waals surface area contributed by atoms with Gasteiger partial charge < -0.3 is 0 Å². The van der Waals surface area contributed by atoms with Crippen LogP contribution in [-0.2, 0) is 12.8 Å².